The van der Waals surface area contributed by atoms with Crippen LogP contribution in [0, 0.1) is 5.92 Å². The number of hydrogen-bond donors (Lipinski definition) is 1. The molecule has 1 aromatic rings. The van der Waals surface area contributed by atoms with Gasteiger partial charge >= 0.3 is 5.97 Å². The highest BCUT2D eigenvalue weighted by molar-refractivity contribution is 14.0. The van der Waals surface area contributed by atoms with E-state index in [4.69, 9.17) is 9.73 Å². The molecule has 0 bridgehead atoms. The highest BCUT2D eigenvalue weighted by Crippen LogP contribution is 2.25. The monoisotopic (exact) mass is 534 g/mol. The number of aliphatic imine (C=N–C) groups is 1. The lowest BCUT2D eigenvalue weighted by Crippen LogP contribution is -2.47. The maximum absolute atomic E-state index is 12.0. The van der Waals surface area contributed by atoms with Crippen molar-refractivity contribution in [3.63, 3.8) is 0 Å². The fourth-order valence-corrected chi connectivity index (χ4v) is 4.88. The molecule has 1 fully saturated rings. The molecule has 0 spiro atoms. The second kappa shape index (κ2) is 12.1. The number of ether oxygens (including phenoxy) is 1. The Morgan fingerprint density at radius 3 is 2.79 bits per heavy atom. The van der Waals surface area contributed by atoms with Gasteiger partial charge in [-0.25, -0.2) is 0 Å². The molecule has 1 N–H and O–H groups in total. The Morgan fingerprint density at radius 1 is 1.34 bits per heavy atom. The average molecular weight is 535 g/mol. The quantitative estimate of drug-likeness (QED) is 0.263. The molecule has 164 valence electrons. The lowest BCUT2D eigenvalue weighted by molar-refractivity contribution is -0.149. The third kappa shape index (κ3) is 6.55. The standard InChI is InChI=1S/C21H34N4O2S.HI/c1-4-22-21(24-10-6-17(7-11-24)20(26)27-5-2)23-14-16(3)25-12-8-19-18(15-25)9-13-28-19;/h9,13,16-17H,4-8,10-12,14-15H2,1-3H3,(H,22,23);1H. The predicted octanol–water partition coefficient (Wildman–Crippen LogP) is 3.35. The normalized spacial score (nSPS) is 19.3. The van der Waals surface area contributed by atoms with Gasteiger partial charge in [0.05, 0.1) is 19.1 Å². The summed E-state index contributed by atoms with van der Waals surface area (Å²) in [5.41, 5.74) is 1.49. The smallest absolute Gasteiger partial charge is 0.309 e. The molecule has 2 aliphatic heterocycles. The van der Waals surface area contributed by atoms with Gasteiger partial charge in [-0.15, -0.1) is 35.3 Å². The van der Waals surface area contributed by atoms with Gasteiger partial charge in [0.15, 0.2) is 5.96 Å². The number of carbonyl (C=O) groups is 1. The molecule has 29 heavy (non-hydrogen) atoms. The van der Waals surface area contributed by atoms with Crippen LogP contribution in [0.1, 0.15) is 44.1 Å². The largest absolute Gasteiger partial charge is 0.466 e. The van der Waals surface area contributed by atoms with Crippen LogP contribution in [0.15, 0.2) is 16.4 Å². The van der Waals surface area contributed by atoms with Gasteiger partial charge < -0.3 is 15.0 Å². The molecule has 6 nitrogen and oxygen atoms in total. The first-order valence-electron chi connectivity index (χ1n) is 10.6. The third-order valence-corrected chi connectivity index (χ3v) is 6.74. The number of rotatable bonds is 6. The van der Waals surface area contributed by atoms with Gasteiger partial charge in [-0.05, 0) is 57.0 Å². The van der Waals surface area contributed by atoms with E-state index >= 15 is 0 Å². The van der Waals surface area contributed by atoms with Crippen molar-refractivity contribution >= 4 is 47.2 Å². The molecule has 0 radical (unpaired) electrons. The number of piperidine rings is 1. The zero-order valence-electron chi connectivity index (χ0n) is 17.9. The Hall–Kier alpha value is -0.870. The minimum absolute atomic E-state index is 0. The molecule has 0 amide bonds. The number of guanidine groups is 1. The van der Waals surface area contributed by atoms with Gasteiger partial charge in [0, 0.05) is 43.6 Å². The predicted molar refractivity (Wildman–Crippen MR) is 130 cm³/mol. The summed E-state index contributed by atoms with van der Waals surface area (Å²) in [4.78, 5) is 23.3. The zero-order chi connectivity index (χ0) is 19.9. The van der Waals surface area contributed by atoms with Crippen LogP contribution in [0.2, 0.25) is 0 Å². The SMILES string of the molecule is CCNC(=NCC(C)N1CCc2sccc2C1)N1CCC(C(=O)OCC)CC1.I. The molecule has 1 saturated heterocycles. The molecule has 1 atom stereocenters. The zero-order valence-corrected chi connectivity index (χ0v) is 21.0. The second-order valence-corrected chi connectivity index (χ2v) is 8.65. The van der Waals surface area contributed by atoms with Crippen LogP contribution in [-0.4, -0.2) is 67.1 Å². The summed E-state index contributed by atoms with van der Waals surface area (Å²) in [5, 5.41) is 5.64. The number of likely N-dealkylation sites (tertiary alicyclic amines) is 1. The molecule has 3 rings (SSSR count). The molecule has 0 saturated carbocycles. The summed E-state index contributed by atoms with van der Waals surface area (Å²) in [5.74, 6) is 0.964. The number of halogens is 1. The Labute approximate surface area is 196 Å². The summed E-state index contributed by atoms with van der Waals surface area (Å²) >= 11 is 1.88. The molecule has 2 aliphatic rings. The molecule has 3 heterocycles. The topological polar surface area (TPSA) is 57.2 Å². The van der Waals surface area contributed by atoms with Gasteiger partial charge in [-0.3, -0.25) is 14.7 Å². The van der Waals surface area contributed by atoms with Crippen molar-refractivity contribution in [3.8, 4) is 0 Å². The van der Waals surface area contributed by atoms with Crippen molar-refractivity contribution in [2.45, 2.75) is 52.6 Å². The number of hydrogen-bond acceptors (Lipinski definition) is 5. The van der Waals surface area contributed by atoms with Crippen LogP contribution in [0.5, 0.6) is 0 Å². The van der Waals surface area contributed by atoms with Crippen LogP contribution in [-0.2, 0) is 22.5 Å². The minimum atomic E-state index is -0.0457. The highest BCUT2D eigenvalue weighted by atomic mass is 127. The first kappa shape index (κ1) is 24.4. The maximum atomic E-state index is 12.0. The van der Waals surface area contributed by atoms with Crippen molar-refractivity contribution in [1.29, 1.82) is 0 Å². The Morgan fingerprint density at radius 2 is 2.10 bits per heavy atom. The molecular formula is C21H35IN4O2S. The van der Waals surface area contributed by atoms with Crippen LogP contribution >= 0.6 is 35.3 Å². The Bertz CT molecular complexity index is 673. The van der Waals surface area contributed by atoms with Crippen LogP contribution in [0.4, 0.5) is 0 Å². The van der Waals surface area contributed by atoms with E-state index in [1.165, 1.54) is 5.56 Å². The molecule has 0 aromatic carbocycles. The summed E-state index contributed by atoms with van der Waals surface area (Å²) in [6.07, 6.45) is 2.83. The number of esters is 1. The van der Waals surface area contributed by atoms with Crippen molar-refractivity contribution in [2.24, 2.45) is 10.9 Å². The lowest BCUT2D eigenvalue weighted by atomic mass is 9.97. The summed E-state index contributed by atoms with van der Waals surface area (Å²) in [6, 6.07) is 2.68. The van der Waals surface area contributed by atoms with E-state index in [1.54, 1.807) is 4.88 Å². The average Bonchev–Trinajstić information content (AvgIpc) is 3.19. The number of fused-ring (bicyclic) bond motifs is 1. The van der Waals surface area contributed by atoms with E-state index in [1.807, 2.05) is 18.3 Å². The molecule has 1 aromatic heterocycles. The number of thiophene rings is 1. The molecule has 8 heteroatoms. The van der Waals surface area contributed by atoms with Crippen molar-refractivity contribution < 1.29 is 9.53 Å². The van der Waals surface area contributed by atoms with Crippen molar-refractivity contribution in [2.75, 3.05) is 39.3 Å². The Balaban J connectivity index is 0.00000300. The fourth-order valence-electron chi connectivity index (χ4n) is 3.99. The summed E-state index contributed by atoms with van der Waals surface area (Å²) < 4.78 is 5.18. The van der Waals surface area contributed by atoms with Crippen molar-refractivity contribution in [1.82, 2.24) is 15.1 Å². The van der Waals surface area contributed by atoms with Gasteiger partial charge in [-0.2, -0.15) is 0 Å². The summed E-state index contributed by atoms with van der Waals surface area (Å²) in [6.45, 7) is 12.2. The van der Waals surface area contributed by atoms with Gasteiger partial charge in [-0.1, -0.05) is 0 Å². The summed E-state index contributed by atoms with van der Waals surface area (Å²) in [7, 11) is 0. The fraction of sp³-hybridized carbons (Fsp3) is 0.714. The second-order valence-electron chi connectivity index (χ2n) is 7.65. The van der Waals surface area contributed by atoms with E-state index in [9.17, 15) is 4.79 Å². The minimum Gasteiger partial charge on any atom is -0.466 e. The van der Waals surface area contributed by atoms with E-state index in [0.717, 1.165) is 64.5 Å². The van der Waals surface area contributed by atoms with Crippen molar-refractivity contribution in [3.05, 3.63) is 21.9 Å². The van der Waals surface area contributed by atoms with E-state index in [0.29, 0.717) is 12.6 Å². The molecule has 1 unspecified atom stereocenters. The third-order valence-electron chi connectivity index (χ3n) is 5.72. The van der Waals surface area contributed by atoms with E-state index < -0.39 is 0 Å². The van der Waals surface area contributed by atoms with Crippen LogP contribution in [0.25, 0.3) is 0 Å². The molecular weight excluding hydrogens is 499 g/mol. The maximum Gasteiger partial charge on any atom is 0.309 e. The van der Waals surface area contributed by atoms with Gasteiger partial charge in [0.2, 0.25) is 0 Å². The highest BCUT2D eigenvalue weighted by Gasteiger charge is 2.27. The molecule has 0 aliphatic carbocycles. The number of carbonyl (C=O) groups excluding carboxylic acids is 1. The van der Waals surface area contributed by atoms with Gasteiger partial charge in [0.1, 0.15) is 0 Å². The van der Waals surface area contributed by atoms with Gasteiger partial charge in [0.25, 0.3) is 0 Å². The number of nitrogens with one attached hydrogen (secondary N) is 1. The number of nitrogens with zero attached hydrogens (tertiary/aromatic N) is 3. The van der Waals surface area contributed by atoms with E-state index in [-0.39, 0.29) is 35.9 Å². The van der Waals surface area contributed by atoms with Crippen LogP contribution < -0.4 is 5.32 Å². The Kier molecular flexibility index (Phi) is 10.2. The van der Waals surface area contributed by atoms with Crippen LogP contribution in [0.3, 0.4) is 0 Å². The first-order chi connectivity index (χ1) is 13.6. The first-order valence-corrected chi connectivity index (χ1v) is 11.5. The van der Waals surface area contributed by atoms with E-state index in [2.05, 4.69) is 40.4 Å². The lowest BCUT2D eigenvalue weighted by Gasteiger charge is -2.34.